The van der Waals surface area contributed by atoms with Gasteiger partial charge >= 0.3 is 0 Å². The lowest BCUT2D eigenvalue weighted by molar-refractivity contribution is 0.125. The third-order valence-electron chi connectivity index (χ3n) is 15.2. The Labute approximate surface area is 330 Å². The third kappa shape index (κ3) is 4.07. The van der Waals surface area contributed by atoms with Crippen molar-refractivity contribution >= 4 is 43.6 Å². The summed E-state index contributed by atoms with van der Waals surface area (Å²) in [5.74, 6) is 0. The Morgan fingerprint density at radius 3 is 1.57 bits per heavy atom. The summed E-state index contributed by atoms with van der Waals surface area (Å²) in [4.78, 5) is 0. The molecule has 0 amide bonds. The predicted molar refractivity (Wildman–Crippen MR) is 238 cm³/mol. The maximum absolute atomic E-state index is 2.49. The predicted octanol–water partition coefficient (Wildman–Crippen LogP) is 14.4. The number of benzene rings is 7. The zero-order valence-corrected chi connectivity index (χ0v) is 33.8. The molecular formula is C54H48N2. The van der Waals surface area contributed by atoms with Crippen LogP contribution in [0.15, 0.2) is 146 Å². The van der Waals surface area contributed by atoms with Crippen LogP contribution in [0.25, 0.3) is 77.2 Å². The normalized spacial score (nSPS) is 17.1. The first-order valence-corrected chi connectivity index (χ1v) is 20.3. The zero-order chi connectivity index (χ0) is 38.5. The molecule has 0 radical (unpaired) electrons. The Balaban J connectivity index is 1.20. The highest BCUT2D eigenvalue weighted by Crippen LogP contribution is 2.63. The molecule has 0 spiro atoms. The molecule has 2 heterocycles. The second kappa shape index (κ2) is 10.9. The molecule has 0 fully saturated rings. The quantitative estimate of drug-likeness (QED) is 0.172. The number of aromatic nitrogens is 2. The molecule has 0 N–H and O–H groups in total. The van der Waals surface area contributed by atoms with Crippen molar-refractivity contribution in [2.75, 3.05) is 0 Å². The van der Waals surface area contributed by atoms with Crippen LogP contribution in [-0.2, 0) is 16.2 Å². The molecule has 2 aromatic heterocycles. The number of para-hydroxylation sites is 2. The minimum absolute atomic E-state index is 0.0205. The lowest BCUT2D eigenvalue weighted by Crippen LogP contribution is -2.42. The van der Waals surface area contributed by atoms with E-state index < -0.39 is 0 Å². The second-order valence-corrected chi connectivity index (χ2v) is 18.6. The summed E-state index contributed by atoms with van der Waals surface area (Å²) < 4.78 is 4.96. The van der Waals surface area contributed by atoms with Gasteiger partial charge in [0.05, 0.1) is 22.1 Å². The minimum atomic E-state index is -0.0727. The van der Waals surface area contributed by atoms with Gasteiger partial charge in [-0.2, -0.15) is 0 Å². The van der Waals surface area contributed by atoms with Gasteiger partial charge in [0.2, 0.25) is 0 Å². The summed E-state index contributed by atoms with van der Waals surface area (Å²) in [6.45, 7) is 19.5. The van der Waals surface area contributed by atoms with E-state index in [1.165, 1.54) is 99.5 Å². The van der Waals surface area contributed by atoms with Crippen molar-refractivity contribution in [1.82, 2.24) is 9.13 Å². The second-order valence-electron chi connectivity index (χ2n) is 18.6. The molecule has 0 bridgehead atoms. The van der Waals surface area contributed by atoms with E-state index in [0.29, 0.717) is 0 Å². The van der Waals surface area contributed by atoms with Gasteiger partial charge in [0.1, 0.15) is 0 Å². The molecular weight excluding hydrogens is 677 g/mol. The first-order valence-electron chi connectivity index (χ1n) is 20.3. The van der Waals surface area contributed by atoms with Gasteiger partial charge < -0.3 is 9.13 Å². The molecule has 7 aromatic carbocycles. The molecule has 2 nitrogen and oxygen atoms in total. The number of rotatable bonds is 3. The minimum Gasteiger partial charge on any atom is -0.309 e. The van der Waals surface area contributed by atoms with Gasteiger partial charge in [-0.15, -0.1) is 0 Å². The van der Waals surface area contributed by atoms with Gasteiger partial charge in [0.25, 0.3) is 0 Å². The van der Waals surface area contributed by atoms with Gasteiger partial charge in [0.15, 0.2) is 0 Å². The summed E-state index contributed by atoms with van der Waals surface area (Å²) in [5.41, 5.74) is 18.3. The highest BCUT2D eigenvalue weighted by molar-refractivity contribution is 6.15. The monoisotopic (exact) mass is 724 g/mol. The Kier molecular flexibility index (Phi) is 6.53. The van der Waals surface area contributed by atoms with Crippen molar-refractivity contribution in [2.24, 2.45) is 5.41 Å². The first-order chi connectivity index (χ1) is 26.8. The topological polar surface area (TPSA) is 9.86 Å². The van der Waals surface area contributed by atoms with E-state index in [9.17, 15) is 0 Å². The molecule has 0 atom stereocenters. The van der Waals surface area contributed by atoms with Crippen LogP contribution in [0.3, 0.4) is 0 Å². The summed E-state index contributed by atoms with van der Waals surface area (Å²) in [6.07, 6.45) is 0. The van der Waals surface area contributed by atoms with Crippen LogP contribution in [-0.4, -0.2) is 9.13 Å². The number of fused-ring (bicyclic) bond motifs is 11. The van der Waals surface area contributed by atoms with E-state index in [2.05, 4.69) is 210 Å². The number of hydrogen-bond donors (Lipinski definition) is 0. The highest BCUT2D eigenvalue weighted by atomic mass is 15.0. The van der Waals surface area contributed by atoms with E-state index in [4.69, 9.17) is 0 Å². The fourth-order valence-corrected chi connectivity index (χ4v) is 11.0. The molecule has 11 rings (SSSR count). The van der Waals surface area contributed by atoms with Crippen molar-refractivity contribution < 1.29 is 0 Å². The molecule has 2 aliphatic rings. The smallest absolute Gasteiger partial charge is 0.0544 e. The lowest BCUT2D eigenvalue weighted by Gasteiger charge is -2.44. The van der Waals surface area contributed by atoms with E-state index in [1.54, 1.807) is 0 Å². The van der Waals surface area contributed by atoms with Crippen LogP contribution >= 0.6 is 0 Å². The fourth-order valence-electron chi connectivity index (χ4n) is 11.0. The average molecular weight is 725 g/mol. The maximum atomic E-state index is 2.49. The largest absolute Gasteiger partial charge is 0.309 e. The number of hydrogen-bond acceptors (Lipinski definition) is 0. The van der Waals surface area contributed by atoms with Gasteiger partial charge in [-0.1, -0.05) is 134 Å². The van der Waals surface area contributed by atoms with E-state index >= 15 is 0 Å². The zero-order valence-electron chi connectivity index (χ0n) is 33.8. The highest BCUT2D eigenvalue weighted by Gasteiger charge is 2.57. The maximum Gasteiger partial charge on any atom is 0.0544 e. The van der Waals surface area contributed by atoms with Gasteiger partial charge in [-0.3, -0.25) is 0 Å². The number of nitrogens with zero attached hydrogens (tertiary/aromatic N) is 2. The average Bonchev–Trinajstić information content (AvgIpc) is 3.81. The molecule has 0 unspecified atom stereocenters. The SMILES string of the molecule is CC1(C)c2ccccc2-c2cc3c4cc(-c5ccc6c(c5)c5c7c(ccc5n6-c5ccccc5)C(C)(C)C(C)(C)C7(C)C)ccc4n(-c4ccccc4)c3cc21. The van der Waals surface area contributed by atoms with Crippen LogP contribution in [0.5, 0.6) is 0 Å². The Morgan fingerprint density at radius 2 is 0.911 bits per heavy atom. The summed E-state index contributed by atoms with van der Waals surface area (Å²) in [6, 6.07) is 54.9. The van der Waals surface area contributed by atoms with E-state index in [-0.39, 0.29) is 21.7 Å². The van der Waals surface area contributed by atoms with Crippen LogP contribution in [0.4, 0.5) is 0 Å². The lowest BCUT2D eigenvalue weighted by atomic mass is 9.59. The summed E-state index contributed by atoms with van der Waals surface area (Å²) in [5, 5.41) is 5.29. The third-order valence-corrected chi connectivity index (χ3v) is 15.2. The molecule has 0 saturated carbocycles. The Bertz CT molecular complexity index is 3110. The van der Waals surface area contributed by atoms with Crippen molar-refractivity contribution in [3.63, 3.8) is 0 Å². The molecule has 274 valence electrons. The molecule has 9 aromatic rings. The molecule has 2 heteroatoms. The first kappa shape index (κ1) is 33.5. The molecule has 56 heavy (non-hydrogen) atoms. The molecule has 0 saturated heterocycles. The standard InChI is InChI=1S/C54H48N2/c1-51(2)42-22-16-15-21-37(42)38-31-40-39-29-33(23-26-45(39)56(48(40)32-44(38)51)36-19-13-10-14-20-36)34-24-27-46-41(30-34)49-47(55(46)35-17-11-9-12-18-35)28-25-43-50(49)53(5,6)54(7,8)52(43,3)4/h9-32H,1-8H3. The van der Waals surface area contributed by atoms with Crippen molar-refractivity contribution in [3.8, 4) is 33.6 Å². The molecule has 0 aliphatic heterocycles. The van der Waals surface area contributed by atoms with Gasteiger partial charge in [0, 0.05) is 38.3 Å². The van der Waals surface area contributed by atoms with Crippen molar-refractivity contribution in [1.29, 1.82) is 0 Å². The van der Waals surface area contributed by atoms with Crippen LogP contribution in [0.1, 0.15) is 77.6 Å². The van der Waals surface area contributed by atoms with Crippen LogP contribution in [0, 0.1) is 5.41 Å². The van der Waals surface area contributed by atoms with Crippen molar-refractivity contribution in [3.05, 3.63) is 168 Å². The Hall–Kier alpha value is -5.86. The van der Waals surface area contributed by atoms with E-state index in [0.717, 1.165) is 0 Å². The summed E-state index contributed by atoms with van der Waals surface area (Å²) >= 11 is 0. The van der Waals surface area contributed by atoms with Crippen LogP contribution in [0.2, 0.25) is 0 Å². The summed E-state index contributed by atoms with van der Waals surface area (Å²) in [7, 11) is 0. The van der Waals surface area contributed by atoms with E-state index in [1.807, 2.05) is 0 Å². The molecule has 2 aliphatic carbocycles. The van der Waals surface area contributed by atoms with Gasteiger partial charge in [-0.25, -0.2) is 0 Å². The van der Waals surface area contributed by atoms with Crippen molar-refractivity contribution in [2.45, 2.75) is 71.6 Å². The van der Waals surface area contributed by atoms with Crippen LogP contribution < -0.4 is 0 Å². The van der Waals surface area contributed by atoms with Gasteiger partial charge in [-0.05, 0) is 127 Å². The Morgan fingerprint density at radius 1 is 0.375 bits per heavy atom. The fraction of sp³-hybridized carbons (Fsp3) is 0.222.